The van der Waals surface area contributed by atoms with E-state index in [0.29, 0.717) is 5.02 Å². The van der Waals surface area contributed by atoms with Crippen molar-refractivity contribution in [1.29, 1.82) is 0 Å². The van der Waals surface area contributed by atoms with Crippen LogP contribution in [-0.4, -0.2) is 23.5 Å². The predicted octanol–water partition coefficient (Wildman–Crippen LogP) is 3.08. The molecule has 1 N–H and O–H groups in total. The molecule has 0 saturated heterocycles. The van der Waals surface area contributed by atoms with Crippen LogP contribution in [0.4, 0.5) is 5.69 Å². The van der Waals surface area contributed by atoms with Crippen LogP contribution in [0.25, 0.3) is 0 Å². The van der Waals surface area contributed by atoms with E-state index in [1.165, 1.54) is 24.6 Å². The van der Waals surface area contributed by atoms with Crippen molar-refractivity contribution in [1.82, 2.24) is 5.32 Å². The van der Waals surface area contributed by atoms with Crippen LogP contribution in [0.15, 0.2) is 18.2 Å². The third-order valence-electron chi connectivity index (χ3n) is 3.45. The van der Waals surface area contributed by atoms with Crippen molar-refractivity contribution < 1.29 is 14.5 Å². The molecular weight excluding hydrogens is 296 g/mol. The van der Waals surface area contributed by atoms with E-state index in [4.69, 9.17) is 16.3 Å². The first-order valence-electron chi connectivity index (χ1n) is 6.92. The first-order valence-corrected chi connectivity index (χ1v) is 7.30. The van der Waals surface area contributed by atoms with Crippen LogP contribution in [0.2, 0.25) is 5.02 Å². The van der Waals surface area contributed by atoms with Crippen LogP contribution in [0, 0.1) is 10.1 Å². The van der Waals surface area contributed by atoms with Gasteiger partial charge in [0.1, 0.15) is 0 Å². The maximum absolute atomic E-state index is 11.8. The van der Waals surface area contributed by atoms with Gasteiger partial charge in [-0.05, 0) is 18.9 Å². The second-order valence-electron chi connectivity index (χ2n) is 5.06. The Morgan fingerprint density at radius 3 is 2.76 bits per heavy atom. The lowest BCUT2D eigenvalue weighted by Crippen LogP contribution is -2.39. The van der Waals surface area contributed by atoms with Gasteiger partial charge in [-0.15, -0.1) is 0 Å². The lowest BCUT2D eigenvalue weighted by atomic mass is 9.95. The highest BCUT2D eigenvalue weighted by atomic mass is 35.5. The number of nitrogens with zero attached hydrogens (tertiary/aromatic N) is 1. The molecule has 0 unspecified atom stereocenters. The fraction of sp³-hybridized carbons (Fsp3) is 0.500. The van der Waals surface area contributed by atoms with Crippen molar-refractivity contribution in [2.24, 2.45) is 0 Å². The maximum Gasteiger partial charge on any atom is 0.311 e. The molecule has 1 aromatic carbocycles. The minimum atomic E-state index is -0.565. The Labute approximate surface area is 127 Å². The number of hydrogen-bond acceptors (Lipinski definition) is 4. The van der Waals surface area contributed by atoms with Gasteiger partial charge >= 0.3 is 5.69 Å². The molecule has 0 aromatic heterocycles. The summed E-state index contributed by atoms with van der Waals surface area (Å²) in [5.74, 6) is -0.262. The van der Waals surface area contributed by atoms with E-state index in [-0.39, 0.29) is 30.0 Å². The van der Waals surface area contributed by atoms with Gasteiger partial charge < -0.3 is 10.1 Å². The molecule has 114 valence electrons. The van der Waals surface area contributed by atoms with Gasteiger partial charge in [0.2, 0.25) is 0 Å². The molecule has 21 heavy (non-hydrogen) atoms. The molecule has 1 aromatic rings. The normalized spacial score (nSPS) is 15.5. The number of hydrogen-bond donors (Lipinski definition) is 1. The summed E-state index contributed by atoms with van der Waals surface area (Å²) in [6.07, 6.45) is 5.39. The third-order valence-corrected chi connectivity index (χ3v) is 3.68. The van der Waals surface area contributed by atoms with E-state index < -0.39 is 4.92 Å². The minimum Gasteiger partial charge on any atom is -0.477 e. The SMILES string of the molecule is O=C(COc1cc(Cl)ccc1[N+](=O)[O-])NC1CCCCC1. The molecule has 0 radical (unpaired) electrons. The van der Waals surface area contributed by atoms with E-state index >= 15 is 0 Å². The molecule has 1 saturated carbocycles. The number of carbonyl (C=O) groups excluding carboxylic acids is 1. The highest BCUT2D eigenvalue weighted by molar-refractivity contribution is 6.30. The molecule has 7 heteroatoms. The number of halogens is 1. The molecule has 1 aliphatic rings. The Bertz CT molecular complexity index is 530. The standard InChI is InChI=1S/C14H17ClN2O4/c15-10-6-7-12(17(19)20)13(8-10)21-9-14(18)16-11-4-2-1-3-5-11/h6-8,11H,1-5,9H2,(H,16,18). The van der Waals surface area contributed by atoms with E-state index in [1.807, 2.05) is 0 Å². The minimum absolute atomic E-state index is 0.00583. The zero-order chi connectivity index (χ0) is 15.2. The van der Waals surface area contributed by atoms with Gasteiger partial charge in [-0.3, -0.25) is 14.9 Å². The summed E-state index contributed by atoms with van der Waals surface area (Å²) < 4.78 is 5.24. The van der Waals surface area contributed by atoms with Crippen LogP contribution < -0.4 is 10.1 Å². The summed E-state index contributed by atoms with van der Waals surface area (Å²) in [5, 5.41) is 14.1. The summed E-state index contributed by atoms with van der Waals surface area (Å²) in [6.45, 7) is -0.252. The van der Waals surface area contributed by atoms with Crippen LogP contribution in [0.3, 0.4) is 0 Å². The fourth-order valence-electron chi connectivity index (χ4n) is 2.41. The van der Waals surface area contributed by atoms with E-state index in [2.05, 4.69) is 5.32 Å². The number of nitrogens with one attached hydrogen (secondary N) is 1. The topological polar surface area (TPSA) is 81.5 Å². The predicted molar refractivity (Wildman–Crippen MR) is 78.6 cm³/mol. The highest BCUT2D eigenvalue weighted by Crippen LogP contribution is 2.29. The lowest BCUT2D eigenvalue weighted by molar-refractivity contribution is -0.385. The number of ether oxygens (including phenoxy) is 1. The molecule has 6 nitrogen and oxygen atoms in total. The average molecular weight is 313 g/mol. The number of carbonyl (C=O) groups is 1. The van der Waals surface area contributed by atoms with Crippen LogP contribution >= 0.6 is 11.6 Å². The summed E-state index contributed by atoms with van der Waals surface area (Å²) in [5.41, 5.74) is -0.204. The van der Waals surface area contributed by atoms with E-state index in [1.54, 1.807) is 0 Å². The first-order chi connectivity index (χ1) is 10.1. The van der Waals surface area contributed by atoms with Gasteiger partial charge in [0.25, 0.3) is 5.91 Å². The van der Waals surface area contributed by atoms with Gasteiger partial charge in [0, 0.05) is 23.2 Å². The number of rotatable bonds is 5. The van der Waals surface area contributed by atoms with Gasteiger partial charge in [-0.2, -0.15) is 0 Å². The zero-order valence-electron chi connectivity index (χ0n) is 11.5. The van der Waals surface area contributed by atoms with E-state index in [0.717, 1.165) is 25.7 Å². The summed E-state index contributed by atoms with van der Waals surface area (Å²) in [6, 6.07) is 4.20. The molecule has 0 heterocycles. The maximum atomic E-state index is 11.8. The quantitative estimate of drug-likeness (QED) is 0.669. The molecule has 0 spiro atoms. The van der Waals surface area contributed by atoms with Gasteiger partial charge in [-0.1, -0.05) is 30.9 Å². The monoisotopic (exact) mass is 312 g/mol. The van der Waals surface area contributed by atoms with Crippen LogP contribution in [0.1, 0.15) is 32.1 Å². The first kappa shape index (κ1) is 15.6. The zero-order valence-corrected chi connectivity index (χ0v) is 12.3. The third kappa shape index (κ3) is 4.60. The molecule has 1 amide bonds. The number of benzene rings is 1. The number of amides is 1. The van der Waals surface area contributed by atoms with Crippen molar-refractivity contribution in [2.45, 2.75) is 38.1 Å². The number of nitro benzene ring substituents is 1. The average Bonchev–Trinajstić information content (AvgIpc) is 2.46. The Balaban J connectivity index is 1.91. The summed E-state index contributed by atoms with van der Waals surface area (Å²) >= 11 is 5.79. The molecule has 0 atom stereocenters. The molecular formula is C14H17ClN2O4. The van der Waals surface area contributed by atoms with Gasteiger partial charge in [0.05, 0.1) is 4.92 Å². The molecule has 0 aliphatic heterocycles. The number of nitro groups is 1. The summed E-state index contributed by atoms with van der Waals surface area (Å²) in [7, 11) is 0. The molecule has 0 bridgehead atoms. The van der Waals surface area contributed by atoms with E-state index in [9.17, 15) is 14.9 Å². The largest absolute Gasteiger partial charge is 0.477 e. The summed E-state index contributed by atoms with van der Waals surface area (Å²) in [4.78, 5) is 22.1. The van der Waals surface area contributed by atoms with Crippen molar-refractivity contribution in [3.63, 3.8) is 0 Å². The van der Waals surface area contributed by atoms with Crippen LogP contribution in [-0.2, 0) is 4.79 Å². The van der Waals surface area contributed by atoms with Crippen molar-refractivity contribution in [2.75, 3.05) is 6.61 Å². The molecule has 1 fully saturated rings. The molecule has 1 aliphatic carbocycles. The van der Waals surface area contributed by atoms with Crippen LogP contribution in [0.5, 0.6) is 5.75 Å². The van der Waals surface area contributed by atoms with Crippen molar-refractivity contribution in [3.8, 4) is 5.75 Å². The van der Waals surface area contributed by atoms with Crippen molar-refractivity contribution >= 4 is 23.2 Å². The molecule has 2 rings (SSSR count). The smallest absolute Gasteiger partial charge is 0.311 e. The Kier molecular flexibility index (Phi) is 5.38. The van der Waals surface area contributed by atoms with Crippen molar-refractivity contribution in [3.05, 3.63) is 33.3 Å². The lowest BCUT2D eigenvalue weighted by Gasteiger charge is -2.22. The Morgan fingerprint density at radius 2 is 2.10 bits per heavy atom. The highest BCUT2D eigenvalue weighted by Gasteiger charge is 2.19. The van der Waals surface area contributed by atoms with Gasteiger partial charge in [-0.25, -0.2) is 0 Å². The second kappa shape index (κ2) is 7.26. The Morgan fingerprint density at radius 1 is 1.38 bits per heavy atom. The second-order valence-corrected chi connectivity index (χ2v) is 5.50. The fourth-order valence-corrected chi connectivity index (χ4v) is 2.58. The Hall–Kier alpha value is -1.82. The van der Waals surface area contributed by atoms with Gasteiger partial charge in [0.15, 0.2) is 12.4 Å².